The standard InChI is InChI=1S/C29H28N4O4/c1-15(2)19-14-20(17(4)13-23(19)37-5)26(34)24-25(18-8-10-30-11-9-18)33(28(36)27(24)35)29-31-21-7-6-16(3)12-22(21)32-29/h6-15,25,34H,1-5H3,(H,31,32)/b26-24+. The van der Waals surface area contributed by atoms with Crippen molar-refractivity contribution in [3.63, 3.8) is 0 Å². The molecule has 1 fully saturated rings. The van der Waals surface area contributed by atoms with E-state index in [2.05, 4.69) is 15.0 Å². The number of ketones is 1. The predicted molar refractivity (Wildman–Crippen MR) is 142 cm³/mol. The molecule has 8 heteroatoms. The molecular weight excluding hydrogens is 468 g/mol. The van der Waals surface area contributed by atoms with E-state index in [0.29, 0.717) is 22.4 Å². The molecule has 1 atom stereocenters. The van der Waals surface area contributed by atoms with Gasteiger partial charge in [0.15, 0.2) is 0 Å². The summed E-state index contributed by atoms with van der Waals surface area (Å²) in [6, 6.07) is 11.9. The highest BCUT2D eigenvalue weighted by Gasteiger charge is 2.48. The number of aryl methyl sites for hydroxylation is 2. The van der Waals surface area contributed by atoms with Gasteiger partial charge in [0, 0.05) is 18.0 Å². The molecular formula is C29H28N4O4. The fourth-order valence-electron chi connectivity index (χ4n) is 4.86. The number of amides is 1. The molecule has 1 unspecified atom stereocenters. The number of hydrogen-bond acceptors (Lipinski definition) is 6. The van der Waals surface area contributed by atoms with Gasteiger partial charge in [-0.2, -0.15) is 0 Å². The van der Waals surface area contributed by atoms with Crippen molar-refractivity contribution in [2.45, 2.75) is 39.7 Å². The van der Waals surface area contributed by atoms with Crippen LogP contribution in [0.1, 0.15) is 53.6 Å². The molecule has 2 N–H and O–H groups in total. The number of nitrogens with one attached hydrogen (secondary N) is 1. The number of imidazole rings is 1. The number of methoxy groups -OCH3 is 1. The van der Waals surface area contributed by atoms with E-state index in [1.807, 2.05) is 58.0 Å². The summed E-state index contributed by atoms with van der Waals surface area (Å²) >= 11 is 0. The third-order valence-corrected chi connectivity index (χ3v) is 6.77. The zero-order valence-electron chi connectivity index (χ0n) is 21.4. The predicted octanol–water partition coefficient (Wildman–Crippen LogP) is 5.33. The van der Waals surface area contributed by atoms with Crippen LogP contribution in [0.15, 0.2) is 60.4 Å². The minimum Gasteiger partial charge on any atom is -0.507 e. The molecule has 0 bridgehead atoms. The molecule has 188 valence electrons. The Morgan fingerprint density at radius 3 is 2.49 bits per heavy atom. The molecule has 0 saturated carbocycles. The molecule has 0 spiro atoms. The Labute approximate surface area is 214 Å². The molecule has 8 nitrogen and oxygen atoms in total. The van der Waals surface area contributed by atoms with Crippen molar-refractivity contribution in [1.82, 2.24) is 15.0 Å². The first-order valence-electron chi connectivity index (χ1n) is 12.1. The maximum Gasteiger partial charge on any atom is 0.302 e. The van der Waals surface area contributed by atoms with Gasteiger partial charge < -0.3 is 14.8 Å². The van der Waals surface area contributed by atoms with Crippen molar-refractivity contribution in [3.8, 4) is 5.75 Å². The first-order valence-corrected chi connectivity index (χ1v) is 12.1. The number of rotatable bonds is 5. The number of ether oxygens (including phenoxy) is 1. The summed E-state index contributed by atoms with van der Waals surface area (Å²) in [5.74, 6) is -0.742. The van der Waals surface area contributed by atoms with Crippen LogP contribution in [-0.4, -0.2) is 38.9 Å². The third kappa shape index (κ3) is 4.04. The van der Waals surface area contributed by atoms with E-state index in [9.17, 15) is 14.7 Å². The number of nitrogens with zero attached hydrogens (tertiary/aromatic N) is 3. The van der Waals surface area contributed by atoms with Crippen molar-refractivity contribution in [2.24, 2.45) is 0 Å². The molecule has 1 aliphatic heterocycles. The van der Waals surface area contributed by atoms with E-state index in [-0.39, 0.29) is 23.2 Å². The Balaban J connectivity index is 1.74. The second-order valence-corrected chi connectivity index (χ2v) is 9.59. The van der Waals surface area contributed by atoms with Crippen LogP contribution in [0.3, 0.4) is 0 Å². The average Bonchev–Trinajstić information content (AvgIpc) is 3.41. The van der Waals surface area contributed by atoms with E-state index >= 15 is 0 Å². The van der Waals surface area contributed by atoms with Gasteiger partial charge >= 0.3 is 5.91 Å². The average molecular weight is 497 g/mol. The molecule has 5 rings (SSSR count). The van der Waals surface area contributed by atoms with Crippen LogP contribution in [0.5, 0.6) is 5.75 Å². The molecule has 1 saturated heterocycles. The summed E-state index contributed by atoms with van der Waals surface area (Å²) in [4.78, 5) is 40.2. The Bertz CT molecular complexity index is 1570. The van der Waals surface area contributed by atoms with Gasteiger partial charge in [0.25, 0.3) is 5.78 Å². The van der Waals surface area contributed by atoms with Gasteiger partial charge in [0.2, 0.25) is 5.95 Å². The minimum absolute atomic E-state index is 0.00388. The van der Waals surface area contributed by atoms with Crippen molar-refractivity contribution < 1.29 is 19.4 Å². The maximum absolute atomic E-state index is 13.5. The Hall–Kier alpha value is -4.46. The fraction of sp³-hybridized carbons (Fsp3) is 0.241. The molecule has 2 aromatic carbocycles. The number of H-pyrrole nitrogens is 1. The van der Waals surface area contributed by atoms with Gasteiger partial charge in [-0.05, 0) is 78.4 Å². The first-order chi connectivity index (χ1) is 17.7. The SMILES string of the molecule is COc1cc(C)c(/C(O)=C2\C(=O)C(=O)N(c3nc4ccc(C)cc4[nH]3)C2c2ccncc2)cc1C(C)C. The number of carbonyl (C=O) groups is 2. The number of aromatic nitrogens is 3. The summed E-state index contributed by atoms with van der Waals surface area (Å²) in [7, 11) is 1.60. The van der Waals surface area contributed by atoms with Crippen LogP contribution in [0.25, 0.3) is 16.8 Å². The summed E-state index contributed by atoms with van der Waals surface area (Å²) in [5, 5.41) is 11.6. The summed E-state index contributed by atoms with van der Waals surface area (Å²) in [5.41, 5.74) is 5.16. The second kappa shape index (κ2) is 9.20. The number of aliphatic hydroxyl groups is 1. The molecule has 3 heterocycles. The van der Waals surface area contributed by atoms with Crippen LogP contribution >= 0.6 is 0 Å². The van der Waals surface area contributed by atoms with E-state index < -0.39 is 17.7 Å². The van der Waals surface area contributed by atoms with Crippen LogP contribution in [0.2, 0.25) is 0 Å². The van der Waals surface area contributed by atoms with E-state index in [1.165, 1.54) is 4.90 Å². The molecule has 37 heavy (non-hydrogen) atoms. The number of Topliss-reactive ketones (excluding diaryl/α,β-unsaturated/α-hetero) is 1. The molecule has 4 aromatic rings. The highest BCUT2D eigenvalue weighted by atomic mass is 16.5. The van der Waals surface area contributed by atoms with E-state index in [4.69, 9.17) is 4.74 Å². The van der Waals surface area contributed by atoms with Gasteiger partial charge in [-0.25, -0.2) is 4.98 Å². The molecule has 0 aliphatic carbocycles. The third-order valence-electron chi connectivity index (χ3n) is 6.77. The Morgan fingerprint density at radius 2 is 1.81 bits per heavy atom. The summed E-state index contributed by atoms with van der Waals surface area (Å²) < 4.78 is 5.54. The van der Waals surface area contributed by atoms with Crippen molar-refractivity contribution >= 4 is 34.4 Å². The Kier molecular flexibility index (Phi) is 6.03. The van der Waals surface area contributed by atoms with Crippen LogP contribution in [0, 0.1) is 13.8 Å². The van der Waals surface area contributed by atoms with Gasteiger partial charge in [0.05, 0.1) is 29.8 Å². The lowest BCUT2D eigenvalue weighted by Gasteiger charge is -2.23. The highest BCUT2D eigenvalue weighted by Crippen LogP contribution is 2.43. The zero-order chi connectivity index (χ0) is 26.4. The number of hydrogen-bond donors (Lipinski definition) is 2. The van der Waals surface area contributed by atoms with E-state index in [0.717, 1.165) is 22.2 Å². The lowest BCUT2D eigenvalue weighted by molar-refractivity contribution is -0.132. The normalized spacial score (nSPS) is 17.2. The van der Waals surface area contributed by atoms with Crippen molar-refractivity contribution in [2.75, 3.05) is 12.0 Å². The highest BCUT2D eigenvalue weighted by molar-refractivity contribution is 6.51. The second-order valence-electron chi connectivity index (χ2n) is 9.59. The van der Waals surface area contributed by atoms with Crippen molar-refractivity contribution in [1.29, 1.82) is 0 Å². The van der Waals surface area contributed by atoms with Gasteiger partial charge in [0.1, 0.15) is 11.5 Å². The smallest absolute Gasteiger partial charge is 0.302 e. The molecule has 1 aliphatic rings. The fourth-order valence-corrected chi connectivity index (χ4v) is 4.86. The largest absolute Gasteiger partial charge is 0.507 e. The Morgan fingerprint density at radius 1 is 1.08 bits per heavy atom. The monoisotopic (exact) mass is 496 g/mol. The van der Waals surface area contributed by atoms with Gasteiger partial charge in [-0.3, -0.25) is 19.5 Å². The minimum atomic E-state index is -0.895. The lowest BCUT2D eigenvalue weighted by Crippen LogP contribution is -2.30. The molecule has 0 radical (unpaired) electrons. The summed E-state index contributed by atoms with van der Waals surface area (Å²) in [6.07, 6.45) is 3.18. The topological polar surface area (TPSA) is 108 Å². The maximum atomic E-state index is 13.5. The zero-order valence-corrected chi connectivity index (χ0v) is 21.4. The van der Waals surface area contributed by atoms with Gasteiger partial charge in [-0.15, -0.1) is 0 Å². The van der Waals surface area contributed by atoms with Crippen LogP contribution in [-0.2, 0) is 9.59 Å². The number of aromatic amines is 1. The molecule has 2 aromatic heterocycles. The summed E-state index contributed by atoms with van der Waals surface area (Å²) in [6.45, 7) is 7.85. The van der Waals surface area contributed by atoms with Crippen molar-refractivity contribution in [3.05, 3.63) is 88.2 Å². The number of carbonyl (C=O) groups excluding carboxylic acids is 2. The number of anilines is 1. The van der Waals surface area contributed by atoms with E-state index in [1.54, 1.807) is 31.6 Å². The van der Waals surface area contributed by atoms with Crippen LogP contribution in [0.4, 0.5) is 5.95 Å². The lowest BCUT2D eigenvalue weighted by atomic mass is 9.91. The quantitative estimate of drug-likeness (QED) is 0.220. The first kappa shape index (κ1) is 24.2. The molecule has 1 amide bonds. The van der Waals surface area contributed by atoms with Gasteiger partial charge in [-0.1, -0.05) is 19.9 Å². The van der Waals surface area contributed by atoms with Crippen LogP contribution < -0.4 is 9.64 Å². The number of benzene rings is 2. The number of fused-ring (bicyclic) bond motifs is 1. The number of pyridine rings is 1. The number of aliphatic hydroxyl groups excluding tert-OH is 1.